The van der Waals surface area contributed by atoms with Gasteiger partial charge in [0.25, 0.3) is 0 Å². The zero-order valence-corrected chi connectivity index (χ0v) is 19.9. The van der Waals surface area contributed by atoms with Crippen LogP contribution < -0.4 is 26.0 Å². The zero-order chi connectivity index (χ0) is 25.9. The summed E-state index contributed by atoms with van der Waals surface area (Å²) in [7, 11) is 1.54. The van der Waals surface area contributed by atoms with Crippen molar-refractivity contribution in [3.05, 3.63) is 90.7 Å². The number of amides is 2. The molecule has 0 aliphatic rings. The average molecular weight is 497 g/mol. The van der Waals surface area contributed by atoms with Gasteiger partial charge in [-0.05, 0) is 47.5 Å². The van der Waals surface area contributed by atoms with E-state index in [1.165, 1.54) is 6.39 Å². The molecular formula is C26H24N8O3. The van der Waals surface area contributed by atoms with Crippen LogP contribution in [0.15, 0.2) is 89.0 Å². The molecule has 0 bridgehead atoms. The Labute approximate surface area is 213 Å². The summed E-state index contributed by atoms with van der Waals surface area (Å²) in [4.78, 5) is 24.9. The molecular weight excluding hydrogens is 472 g/mol. The molecule has 11 nitrogen and oxygen atoms in total. The van der Waals surface area contributed by atoms with E-state index in [0.717, 1.165) is 16.7 Å². The standard InChI is InChI=1S/C26H24N8O3/c1-36-23-12-21(5-6-22(23)24-15-29-17-37-24)34-26(35)33-20-4-2-3-19(11-20)14-31-25(32-16-27)30-13-18-7-9-28-10-8-18/h2-12,15,17H,13-14H2,1H3,(H2,30,31,32)(H2,33,34,35). The average Bonchev–Trinajstić information content (AvgIpc) is 3.46. The number of pyridine rings is 1. The number of carbonyl (C=O) groups excluding carboxylic acids is 1. The Morgan fingerprint density at radius 1 is 1.05 bits per heavy atom. The lowest BCUT2D eigenvalue weighted by atomic mass is 10.1. The molecule has 0 saturated heterocycles. The van der Waals surface area contributed by atoms with Crippen LogP contribution in [0.25, 0.3) is 11.3 Å². The first-order chi connectivity index (χ1) is 18.1. The fraction of sp³-hybridized carbons (Fsp3) is 0.115. The third kappa shape index (κ3) is 7.06. The maximum absolute atomic E-state index is 12.6. The number of methoxy groups -OCH3 is 1. The van der Waals surface area contributed by atoms with Crippen molar-refractivity contribution in [1.82, 2.24) is 20.6 Å². The second kappa shape index (κ2) is 12.4. The predicted octanol–water partition coefficient (Wildman–Crippen LogP) is 4.11. The molecule has 0 aliphatic carbocycles. The van der Waals surface area contributed by atoms with Crippen LogP contribution in [-0.4, -0.2) is 29.1 Å². The molecule has 0 radical (unpaired) electrons. The lowest BCUT2D eigenvalue weighted by Gasteiger charge is -2.12. The van der Waals surface area contributed by atoms with Gasteiger partial charge in [-0.2, -0.15) is 5.26 Å². The van der Waals surface area contributed by atoms with Crippen molar-refractivity contribution in [3.8, 4) is 23.3 Å². The van der Waals surface area contributed by atoms with Gasteiger partial charge >= 0.3 is 6.03 Å². The molecule has 0 saturated carbocycles. The Morgan fingerprint density at radius 3 is 2.59 bits per heavy atom. The summed E-state index contributed by atoms with van der Waals surface area (Å²) in [5.41, 5.74) is 3.71. The number of hydrogen-bond acceptors (Lipinski definition) is 7. The Hall–Kier alpha value is -5.37. The summed E-state index contributed by atoms with van der Waals surface area (Å²) >= 11 is 0. The van der Waals surface area contributed by atoms with Gasteiger partial charge in [0.15, 0.2) is 18.3 Å². The molecule has 0 spiro atoms. The highest BCUT2D eigenvalue weighted by molar-refractivity contribution is 6.00. The molecule has 0 fully saturated rings. The van der Waals surface area contributed by atoms with Gasteiger partial charge in [-0.25, -0.2) is 14.8 Å². The first-order valence-corrected chi connectivity index (χ1v) is 11.2. The van der Waals surface area contributed by atoms with Crippen molar-refractivity contribution < 1.29 is 13.9 Å². The van der Waals surface area contributed by atoms with Crippen LogP contribution in [0.5, 0.6) is 5.75 Å². The smallest absolute Gasteiger partial charge is 0.323 e. The fourth-order valence-electron chi connectivity index (χ4n) is 3.41. The maximum atomic E-state index is 12.6. The van der Waals surface area contributed by atoms with Gasteiger partial charge in [-0.3, -0.25) is 10.3 Å². The third-order valence-corrected chi connectivity index (χ3v) is 5.15. The molecule has 4 aromatic rings. The van der Waals surface area contributed by atoms with E-state index in [4.69, 9.17) is 14.4 Å². The number of aromatic nitrogens is 2. The quantitative estimate of drug-likeness (QED) is 0.123. The molecule has 0 unspecified atom stereocenters. The molecule has 0 atom stereocenters. The number of guanidine groups is 1. The minimum atomic E-state index is -0.416. The lowest BCUT2D eigenvalue weighted by Crippen LogP contribution is -2.34. The van der Waals surface area contributed by atoms with E-state index < -0.39 is 6.03 Å². The molecule has 37 heavy (non-hydrogen) atoms. The summed E-state index contributed by atoms with van der Waals surface area (Å²) in [5, 5.41) is 20.3. The number of anilines is 2. The Balaban J connectivity index is 1.36. The third-order valence-electron chi connectivity index (χ3n) is 5.15. The van der Waals surface area contributed by atoms with Crippen LogP contribution in [0.2, 0.25) is 0 Å². The van der Waals surface area contributed by atoms with Crippen LogP contribution in [0.4, 0.5) is 16.2 Å². The molecule has 186 valence electrons. The van der Waals surface area contributed by atoms with Crippen LogP contribution in [0.3, 0.4) is 0 Å². The number of rotatable bonds is 8. The summed E-state index contributed by atoms with van der Waals surface area (Å²) < 4.78 is 10.8. The maximum Gasteiger partial charge on any atom is 0.323 e. The summed E-state index contributed by atoms with van der Waals surface area (Å²) in [6, 6.07) is 15.8. The highest BCUT2D eigenvalue weighted by Gasteiger charge is 2.11. The molecule has 2 heterocycles. The van der Waals surface area contributed by atoms with E-state index in [1.54, 1.807) is 50.0 Å². The minimum Gasteiger partial charge on any atom is -0.496 e. The van der Waals surface area contributed by atoms with Gasteiger partial charge in [0.2, 0.25) is 5.96 Å². The number of hydrogen-bond donors (Lipinski definition) is 4. The van der Waals surface area contributed by atoms with Crippen molar-refractivity contribution in [2.75, 3.05) is 17.7 Å². The number of benzene rings is 2. The minimum absolute atomic E-state index is 0.296. The number of oxazole rings is 1. The first kappa shape index (κ1) is 24.7. The van der Waals surface area contributed by atoms with E-state index in [9.17, 15) is 4.79 Å². The number of nitrogens with one attached hydrogen (secondary N) is 4. The van der Waals surface area contributed by atoms with Gasteiger partial charge in [-0.1, -0.05) is 12.1 Å². The van der Waals surface area contributed by atoms with E-state index in [-0.39, 0.29) is 0 Å². The van der Waals surface area contributed by atoms with Crippen LogP contribution in [0.1, 0.15) is 11.1 Å². The van der Waals surface area contributed by atoms with Crippen LogP contribution in [0, 0.1) is 11.5 Å². The molecule has 0 aliphatic heterocycles. The van der Waals surface area contributed by atoms with Gasteiger partial charge in [0.05, 0.1) is 25.4 Å². The fourth-order valence-corrected chi connectivity index (χ4v) is 3.41. The molecule has 4 rings (SSSR count). The number of nitriles is 1. The molecule has 4 N–H and O–H groups in total. The monoisotopic (exact) mass is 496 g/mol. The van der Waals surface area contributed by atoms with Crippen molar-refractivity contribution in [1.29, 1.82) is 5.26 Å². The second-order valence-corrected chi connectivity index (χ2v) is 7.67. The summed E-state index contributed by atoms with van der Waals surface area (Å²) in [6.45, 7) is 0.784. The molecule has 2 amide bonds. The zero-order valence-electron chi connectivity index (χ0n) is 19.9. The number of urea groups is 1. The molecule has 11 heteroatoms. The van der Waals surface area contributed by atoms with Crippen molar-refractivity contribution in [2.24, 2.45) is 4.99 Å². The number of ether oxygens (including phenoxy) is 1. The first-order valence-electron chi connectivity index (χ1n) is 11.2. The SMILES string of the molecule is COc1cc(NC(=O)Nc2cccc(C/N=C(\NC#N)NCc3ccncc3)c2)ccc1-c1cnco1. The van der Waals surface area contributed by atoms with E-state index in [1.807, 2.05) is 36.5 Å². The van der Waals surface area contributed by atoms with E-state index in [0.29, 0.717) is 41.9 Å². The normalized spacial score (nSPS) is 10.8. The second-order valence-electron chi connectivity index (χ2n) is 7.67. The lowest BCUT2D eigenvalue weighted by molar-refractivity contribution is 0.262. The highest BCUT2D eigenvalue weighted by atomic mass is 16.5. The van der Waals surface area contributed by atoms with E-state index >= 15 is 0 Å². The van der Waals surface area contributed by atoms with Crippen LogP contribution in [-0.2, 0) is 13.1 Å². The number of carbonyl (C=O) groups is 1. The Kier molecular flexibility index (Phi) is 8.27. The largest absolute Gasteiger partial charge is 0.496 e. The van der Waals surface area contributed by atoms with Crippen molar-refractivity contribution >= 4 is 23.4 Å². The van der Waals surface area contributed by atoms with Crippen LogP contribution >= 0.6 is 0 Å². The van der Waals surface area contributed by atoms with Gasteiger partial charge < -0.3 is 25.1 Å². The van der Waals surface area contributed by atoms with E-state index in [2.05, 4.69) is 36.2 Å². The summed E-state index contributed by atoms with van der Waals surface area (Å²) in [6.07, 6.45) is 8.21. The predicted molar refractivity (Wildman–Crippen MR) is 139 cm³/mol. The van der Waals surface area contributed by atoms with Gasteiger partial charge in [0, 0.05) is 36.4 Å². The molecule has 2 aromatic carbocycles. The Bertz CT molecular complexity index is 1400. The molecule has 2 aromatic heterocycles. The number of nitrogens with zero attached hydrogens (tertiary/aromatic N) is 4. The highest BCUT2D eigenvalue weighted by Crippen LogP contribution is 2.32. The number of aliphatic imine (C=N–C) groups is 1. The van der Waals surface area contributed by atoms with Gasteiger partial charge in [0.1, 0.15) is 5.75 Å². The van der Waals surface area contributed by atoms with Gasteiger partial charge in [-0.15, -0.1) is 0 Å². The van der Waals surface area contributed by atoms with Crippen molar-refractivity contribution in [2.45, 2.75) is 13.1 Å². The Morgan fingerprint density at radius 2 is 1.86 bits per heavy atom. The van der Waals surface area contributed by atoms with Crippen molar-refractivity contribution in [3.63, 3.8) is 0 Å². The summed E-state index contributed by atoms with van der Waals surface area (Å²) in [5.74, 6) is 1.44. The topological polar surface area (TPSA) is 149 Å².